The van der Waals surface area contributed by atoms with E-state index in [1.807, 2.05) is 61.2 Å². The van der Waals surface area contributed by atoms with Crippen LogP contribution in [0.5, 0.6) is 0 Å². The van der Waals surface area contributed by atoms with Gasteiger partial charge in [-0.1, -0.05) is 11.3 Å². The maximum absolute atomic E-state index is 13.8. The normalized spacial score (nSPS) is 16.2. The van der Waals surface area contributed by atoms with Crippen LogP contribution in [-0.4, -0.2) is 50.0 Å². The molecule has 1 amide bonds. The molecule has 162 valence electrons. The lowest BCUT2D eigenvalue weighted by atomic mass is 10.0. The van der Waals surface area contributed by atoms with Gasteiger partial charge in [-0.15, -0.1) is 5.10 Å². The van der Waals surface area contributed by atoms with Gasteiger partial charge in [0.25, 0.3) is 5.91 Å². The van der Waals surface area contributed by atoms with Gasteiger partial charge in [0, 0.05) is 24.5 Å². The van der Waals surface area contributed by atoms with E-state index in [2.05, 4.69) is 25.6 Å². The highest BCUT2D eigenvalue weighted by Crippen LogP contribution is 2.26. The summed E-state index contributed by atoms with van der Waals surface area (Å²) >= 11 is 0. The number of hydrogen-bond acceptors (Lipinski definition) is 6. The molecule has 4 heterocycles. The molecule has 1 saturated heterocycles. The summed E-state index contributed by atoms with van der Waals surface area (Å²) < 4.78 is 1.70. The van der Waals surface area contributed by atoms with E-state index >= 15 is 0 Å². The quantitative estimate of drug-likeness (QED) is 0.538. The maximum Gasteiger partial charge on any atom is 0.260 e. The van der Waals surface area contributed by atoms with Crippen LogP contribution in [0.25, 0.3) is 16.9 Å². The predicted octanol–water partition coefficient (Wildman–Crippen LogP) is 3.23. The van der Waals surface area contributed by atoms with Crippen LogP contribution < -0.4 is 10.2 Å². The standard InChI is InChI=1S/C24H25N7O/c1-16-6-3-12-26-22(16)30(19-7-4-11-25-15-19)24(32)20-10-9-18(14-17(20)2)31-23-21(28-29-31)8-5-13-27-23/h3,5-6,8-10,12-14,19,25H,4,7,11,15H2,1-2H3/t19-/m1/s1. The number of piperidine rings is 1. The third kappa shape index (κ3) is 3.62. The van der Waals surface area contributed by atoms with E-state index in [9.17, 15) is 4.79 Å². The molecular formula is C24H25N7O. The van der Waals surface area contributed by atoms with Gasteiger partial charge in [-0.05, 0) is 80.8 Å². The third-order valence-corrected chi connectivity index (χ3v) is 5.96. The van der Waals surface area contributed by atoms with E-state index in [0.29, 0.717) is 11.2 Å². The number of aryl methyl sites for hydroxylation is 2. The molecule has 1 aromatic carbocycles. The average Bonchev–Trinajstić information content (AvgIpc) is 3.25. The molecule has 1 fully saturated rings. The molecule has 8 heteroatoms. The smallest absolute Gasteiger partial charge is 0.260 e. The number of carbonyl (C=O) groups excluding carboxylic acids is 1. The molecule has 0 bridgehead atoms. The molecule has 1 N–H and O–H groups in total. The summed E-state index contributed by atoms with van der Waals surface area (Å²) in [5, 5.41) is 11.8. The molecule has 5 rings (SSSR count). The van der Waals surface area contributed by atoms with Crippen molar-refractivity contribution < 1.29 is 4.79 Å². The van der Waals surface area contributed by atoms with Crippen LogP contribution in [0.1, 0.15) is 34.3 Å². The van der Waals surface area contributed by atoms with E-state index in [0.717, 1.165) is 54.1 Å². The average molecular weight is 428 g/mol. The lowest BCUT2D eigenvalue weighted by Gasteiger charge is -2.35. The topological polar surface area (TPSA) is 88.8 Å². The van der Waals surface area contributed by atoms with Crippen molar-refractivity contribution in [3.63, 3.8) is 0 Å². The first kappa shape index (κ1) is 20.3. The number of hydrogen-bond donors (Lipinski definition) is 1. The lowest BCUT2D eigenvalue weighted by Crippen LogP contribution is -2.49. The number of nitrogens with zero attached hydrogens (tertiary/aromatic N) is 6. The highest BCUT2D eigenvalue weighted by molar-refractivity contribution is 6.07. The highest BCUT2D eigenvalue weighted by Gasteiger charge is 2.30. The zero-order valence-electron chi connectivity index (χ0n) is 18.2. The number of nitrogens with one attached hydrogen (secondary N) is 1. The second-order valence-corrected chi connectivity index (χ2v) is 8.17. The Morgan fingerprint density at radius 3 is 2.72 bits per heavy atom. The number of aromatic nitrogens is 5. The Morgan fingerprint density at radius 2 is 1.94 bits per heavy atom. The van der Waals surface area contributed by atoms with Gasteiger partial charge in [-0.2, -0.15) is 4.68 Å². The SMILES string of the molecule is Cc1cc(-n2nnc3cccnc32)ccc1C(=O)N(c1ncccc1C)[C@@H]1CCCNC1. The van der Waals surface area contributed by atoms with E-state index in [1.54, 1.807) is 17.1 Å². The van der Waals surface area contributed by atoms with Gasteiger partial charge < -0.3 is 5.32 Å². The summed E-state index contributed by atoms with van der Waals surface area (Å²) in [5.41, 5.74) is 4.74. The van der Waals surface area contributed by atoms with E-state index in [4.69, 9.17) is 0 Å². The number of anilines is 1. The van der Waals surface area contributed by atoms with Crippen LogP contribution in [-0.2, 0) is 0 Å². The molecule has 0 aliphatic carbocycles. The fourth-order valence-corrected chi connectivity index (χ4v) is 4.31. The Hall–Kier alpha value is -3.65. The van der Waals surface area contributed by atoms with Gasteiger partial charge in [0.2, 0.25) is 0 Å². The number of rotatable bonds is 4. The van der Waals surface area contributed by atoms with E-state index < -0.39 is 0 Å². The first-order valence-corrected chi connectivity index (χ1v) is 10.9. The van der Waals surface area contributed by atoms with E-state index in [1.165, 1.54) is 0 Å². The summed E-state index contributed by atoms with van der Waals surface area (Å²) in [4.78, 5) is 24.7. The molecule has 0 saturated carbocycles. The second-order valence-electron chi connectivity index (χ2n) is 8.17. The van der Waals surface area contributed by atoms with Gasteiger partial charge in [-0.3, -0.25) is 9.69 Å². The monoisotopic (exact) mass is 427 g/mol. The van der Waals surface area contributed by atoms with Crippen LogP contribution >= 0.6 is 0 Å². The van der Waals surface area contributed by atoms with Crippen LogP contribution in [0.3, 0.4) is 0 Å². The number of benzene rings is 1. The fourth-order valence-electron chi connectivity index (χ4n) is 4.31. The Kier molecular flexibility index (Phi) is 5.36. The Balaban J connectivity index is 1.53. The highest BCUT2D eigenvalue weighted by atomic mass is 16.2. The summed E-state index contributed by atoms with van der Waals surface area (Å²) in [7, 11) is 0. The molecule has 0 spiro atoms. The Bertz CT molecular complexity index is 1280. The minimum Gasteiger partial charge on any atom is -0.315 e. The van der Waals surface area contributed by atoms with Crippen molar-refractivity contribution in [3.05, 3.63) is 71.5 Å². The number of pyridine rings is 2. The van der Waals surface area contributed by atoms with Crippen LogP contribution in [0.4, 0.5) is 5.82 Å². The molecule has 1 aliphatic rings. The zero-order chi connectivity index (χ0) is 22.1. The van der Waals surface area contributed by atoms with Crippen molar-refractivity contribution in [1.82, 2.24) is 30.3 Å². The van der Waals surface area contributed by atoms with Gasteiger partial charge in [-0.25, -0.2) is 9.97 Å². The van der Waals surface area contributed by atoms with Crippen molar-refractivity contribution >= 4 is 22.9 Å². The minimum atomic E-state index is -0.0360. The molecule has 8 nitrogen and oxygen atoms in total. The number of fused-ring (bicyclic) bond motifs is 1. The van der Waals surface area contributed by atoms with Gasteiger partial charge >= 0.3 is 0 Å². The van der Waals surface area contributed by atoms with Crippen molar-refractivity contribution in [2.45, 2.75) is 32.7 Å². The molecule has 32 heavy (non-hydrogen) atoms. The van der Waals surface area contributed by atoms with E-state index in [-0.39, 0.29) is 11.9 Å². The third-order valence-electron chi connectivity index (χ3n) is 5.96. The van der Waals surface area contributed by atoms with Crippen molar-refractivity contribution in [1.29, 1.82) is 0 Å². The van der Waals surface area contributed by atoms with Crippen LogP contribution in [0.2, 0.25) is 0 Å². The summed E-state index contributed by atoms with van der Waals surface area (Å²) in [5.74, 6) is 0.687. The molecule has 1 aliphatic heterocycles. The van der Waals surface area contributed by atoms with Gasteiger partial charge in [0.1, 0.15) is 11.3 Å². The predicted molar refractivity (Wildman–Crippen MR) is 123 cm³/mol. The summed E-state index contributed by atoms with van der Waals surface area (Å²) in [6, 6.07) is 13.4. The van der Waals surface area contributed by atoms with Crippen LogP contribution in [0.15, 0.2) is 54.9 Å². The fraction of sp³-hybridized carbons (Fsp3) is 0.292. The van der Waals surface area contributed by atoms with Crippen LogP contribution in [0, 0.1) is 13.8 Å². The largest absolute Gasteiger partial charge is 0.315 e. The number of amides is 1. The van der Waals surface area contributed by atoms with Crippen molar-refractivity contribution in [2.75, 3.05) is 18.0 Å². The van der Waals surface area contributed by atoms with Gasteiger partial charge in [0.15, 0.2) is 5.65 Å². The lowest BCUT2D eigenvalue weighted by molar-refractivity contribution is 0.0970. The minimum absolute atomic E-state index is 0.0360. The molecule has 0 unspecified atom stereocenters. The number of carbonyl (C=O) groups is 1. The zero-order valence-corrected chi connectivity index (χ0v) is 18.2. The van der Waals surface area contributed by atoms with Crippen molar-refractivity contribution in [2.24, 2.45) is 0 Å². The first-order valence-electron chi connectivity index (χ1n) is 10.9. The maximum atomic E-state index is 13.8. The molecule has 3 aromatic heterocycles. The van der Waals surface area contributed by atoms with Crippen molar-refractivity contribution in [3.8, 4) is 5.69 Å². The molecular weight excluding hydrogens is 402 g/mol. The first-order chi connectivity index (χ1) is 15.6. The Labute approximate surface area is 186 Å². The summed E-state index contributed by atoms with van der Waals surface area (Å²) in [6.07, 6.45) is 5.45. The molecule has 4 aromatic rings. The Morgan fingerprint density at radius 1 is 1.09 bits per heavy atom. The van der Waals surface area contributed by atoms with Gasteiger partial charge in [0.05, 0.1) is 11.7 Å². The molecule has 1 atom stereocenters. The molecule has 0 radical (unpaired) electrons. The second kappa shape index (κ2) is 8.47. The summed E-state index contributed by atoms with van der Waals surface area (Å²) in [6.45, 7) is 5.69.